The molecule has 0 saturated heterocycles. The molecule has 0 rings (SSSR count). The Morgan fingerprint density at radius 3 is 2.12 bits per heavy atom. The van der Waals surface area contributed by atoms with Crippen molar-refractivity contribution in [1.82, 2.24) is 0 Å². The van der Waals surface area contributed by atoms with Gasteiger partial charge in [0.15, 0.2) is 0 Å². The molecule has 0 amide bonds. The van der Waals surface area contributed by atoms with Crippen LogP contribution in [0.15, 0.2) is 0 Å². The zero-order valence-electron chi connectivity index (χ0n) is 9.90. The quantitative estimate of drug-likeness (QED) is 0.219. The van der Waals surface area contributed by atoms with Gasteiger partial charge in [-0.25, -0.2) is 8.42 Å². The van der Waals surface area contributed by atoms with Crippen LogP contribution in [0.25, 0.3) is 0 Å². The van der Waals surface area contributed by atoms with Crippen molar-refractivity contribution in [3.8, 4) is 0 Å². The van der Waals surface area contributed by atoms with Crippen LogP contribution in [0.2, 0.25) is 0 Å². The van der Waals surface area contributed by atoms with E-state index >= 15 is 0 Å². The van der Waals surface area contributed by atoms with Crippen molar-refractivity contribution in [2.24, 2.45) is 0 Å². The number of esters is 1. The Kier molecular flexibility index (Phi) is 12.3. The third-order valence-corrected chi connectivity index (χ3v) is 2.79. The van der Waals surface area contributed by atoms with Gasteiger partial charge in [-0.1, -0.05) is 19.3 Å². The van der Waals surface area contributed by atoms with Gasteiger partial charge in [0, 0.05) is 12.2 Å². The number of carbonyl (C=O) groups is 1. The molecule has 90 valence electrons. The molecule has 0 saturated carbocycles. The molecule has 0 spiro atoms. The third-order valence-electron chi connectivity index (χ3n) is 2.00. The summed E-state index contributed by atoms with van der Waals surface area (Å²) in [6, 6.07) is 0. The molecule has 5 nitrogen and oxygen atoms in total. The van der Waals surface area contributed by atoms with Gasteiger partial charge in [-0.15, -0.1) is 0 Å². The first-order valence-electron chi connectivity index (χ1n) is 4.96. The molecule has 0 aromatic heterocycles. The number of carbonyl (C=O) groups excluding carboxylic acids is 1. The predicted octanol–water partition coefficient (Wildman–Crippen LogP) is -1.95. The Bertz CT molecular complexity index is 276. The van der Waals surface area contributed by atoms with E-state index in [4.69, 9.17) is 0 Å². The standard InChI is InChI=1S/C9H18O5S.Na/c1-14-9(10)7-5-3-2-4-6-8-15(11,12)13;/h2-8H2,1H3,(H,11,12,13);/q;+1/p-1. The van der Waals surface area contributed by atoms with Crippen molar-refractivity contribution in [2.75, 3.05) is 12.9 Å². The molecule has 0 aromatic carbocycles. The third kappa shape index (κ3) is 14.4. The summed E-state index contributed by atoms with van der Waals surface area (Å²) >= 11 is 0. The first kappa shape index (κ1) is 18.7. The molecule has 0 atom stereocenters. The molecule has 0 heterocycles. The second-order valence-electron chi connectivity index (χ2n) is 3.36. The second kappa shape index (κ2) is 10.5. The number of methoxy groups -OCH3 is 1. The topological polar surface area (TPSA) is 83.5 Å². The molecule has 16 heavy (non-hydrogen) atoms. The Hall–Kier alpha value is 0.380. The number of ether oxygens (including phenoxy) is 1. The van der Waals surface area contributed by atoms with Crippen LogP contribution in [0, 0.1) is 0 Å². The fourth-order valence-corrected chi connectivity index (χ4v) is 1.74. The van der Waals surface area contributed by atoms with Crippen LogP contribution in [0.5, 0.6) is 0 Å². The van der Waals surface area contributed by atoms with Crippen LogP contribution in [0.3, 0.4) is 0 Å². The van der Waals surface area contributed by atoms with Crippen molar-refractivity contribution in [2.45, 2.75) is 38.5 Å². The average Bonchev–Trinajstić information content (AvgIpc) is 2.14. The molecular formula is C9H17NaO5S. The minimum atomic E-state index is -4.06. The maximum absolute atomic E-state index is 10.7. The Morgan fingerprint density at radius 2 is 1.62 bits per heavy atom. The minimum Gasteiger partial charge on any atom is -0.748 e. The van der Waals surface area contributed by atoms with E-state index in [2.05, 4.69) is 4.74 Å². The first-order chi connectivity index (χ1) is 6.95. The van der Waals surface area contributed by atoms with E-state index in [1.54, 1.807) is 0 Å². The van der Waals surface area contributed by atoms with Crippen LogP contribution < -0.4 is 29.6 Å². The Morgan fingerprint density at radius 1 is 1.12 bits per heavy atom. The number of rotatable bonds is 8. The summed E-state index contributed by atoms with van der Waals surface area (Å²) < 4.78 is 35.2. The summed E-state index contributed by atoms with van der Waals surface area (Å²) in [6.45, 7) is 0. The largest absolute Gasteiger partial charge is 1.00 e. The van der Waals surface area contributed by atoms with E-state index in [0.717, 1.165) is 19.3 Å². The summed E-state index contributed by atoms with van der Waals surface area (Å²) in [7, 11) is -2.71. The van der Waals surface area contributed by atoms with Crippen molar-refractivity contribution in [3.05, 3.63) is 0 Å². The summed E-state index contributed by atoms with van der Waals surface area (Å²) in [5, 5.41) is 0. The Balaban J connectivity index is 0. The molecule has 7 heteroatoms. The minimum absolute atomic E-state index is 0. The van der Waals surface area contributed by atoms with Crippen molar-refractivity contribution in [3.63, 3.8) is 0 Å². The van der Waals surface area contributed by atoms with Crippen molar-refractivity contribution in [1.29, 1.82) is 0 Å². The fourth-order valence-electron chi connectivity index (χ4n) is 1.18. The van der Waals surface area contributed by atoms with Crippen molar-refractivity contribution >= 4 is 16.1 Å². The zero-order valence-corrected chi connectivity index (χ0v) is 12.7. The van der Waals surface area contributed by atoms with Gasteiger partial charge in [0.2, 0.25) is 0 Å². The zero-order chi connectivity index (χ0) is 11.7. The summed E-state index contributed by atoms with van der Waals surface area (Å²) in [5.41, 5.74) is 0. The maximum Gasteiger partial charge on any atom is 1.00 e. The number of hydrogen-bond donors (Lipinski definition) is 0. The van der Waals surface area contributed by atoms with Gasteiger partial charge in [0.05, 0.1) is 17.2 Å². The summed E-state index contributed by atoms with van der Waals surface area (Å²) in [5.74, 6) is -0.513. The van der Waals surface area contributed by atoms with Gasteiger partial charge in [-0.3, -0.25) is 4.79 Å². The smallest absolute Gasteiger partial charge is 0.748 e. The maximum atomic E-state index is 10.7. The van der Waals surface area contributed by atoms with Crippen LogP contribution in [-0.2, 0) is 19.6 Å². The monoisotopic (exact) mass is 260 g/mol. The van der Waals surface area contributed by atoms with E-state index in [1.165, 1.54) is 7.11 Å². The number of unbranched alkanes of at least 4 members (excludes halogenated alkanes) is 4. The Labute approximate surface area is 119 Å². The van der Waals surface area contributed by atoms with Crippen LogP contribution >= 0.6 is 0 Å². The summed E-state index contributed by atoms with van der Waals surface area (Å²) in [6.07, 6.45) is 3.96. The SMILES string of the molecule is COC(=O)CCCCCCCS(=O)(=O)[O-].[Na+]. The summed E-state index contributed by atoms with van der Waals surface area (Å²) in [4.78, 5) is 10.7. The molecule has 0 bridgehead atoms. The van der Waals surface area contributed by atoms with Crippen LogP contribution in [0.4, 0.5) is 0 Å². The number of hydrogen-bond acceptors (Lipinski definition) is 5. The van der Waals surface area contributed by atoms with E-state index in [-0.39, 0.29) is 41.3 Å². The van der Waals surface area contributed by atoms with E-state index in [1.807, 2.05) is 0 Å². The molecule has 0 aliphatic heterocycles. The molecule has 0 unspecified atom stereocenters. The van der Waals surface area contributed by atoms with Gasteiger partial charge in [0.25, 0.3) is 0 Å². The molecule has 0 aliphatic carbocycles. The van der Waals surface area contributed by atoms with E-state index in [9.17, 15) is 17.8 Å². The average molecular weight is 260 g/mol. The molecule has 0 radical (unpaired) electrons. The van der Waals surface area contributed by atoms with E-state index in [0.29, 0.717) is 19.3 Å². The van der Waals surface area contributed by atoms with Crippen molar-refractivity contribution < 1.29 is 52.1 Å². The van der Waals surface area contributed by atoms with E-state index < -0.39 is 10.1 Å². The fraction of sp³-hybridized carbons (Fsp3) is 0.889. The molecule has 0 N–H and O–H groups in total. The molecule has 0 aliphatic rings. The molecule has 0 fully saturated rings. The normalized spacial score (nSPS) is 10.6. The predicted molar refractivity (Wildman–Crippen MR) is 54.3 cm³/mol. The molecular weight excluding hydrogens is 243 g/mol. The van der Waals surface area contributed by atoms with Gasteiger partial charge in [0.1, 0.15) is 0 Å². The van der Waals surface area contributed by atoms with Gasteiger partial charge < -0.3 is 9.29 Å². The van der Waals surface area contributed by atoms with Gasteiger partial charge >= 0.3 is 35.5 Å². The molecule has 0 aromatic rings. The first-order valence-corrected chi connectivity index (χ1v) is 6.54. The second-order valence-corrected chi connectivity index (χ2v) is 4.88. The van der Waals surface area contributed by atoms with Crippen LogP contribution in [0.1, 0.15) is 38.5 Å². The van der Waals surface area contributed by atoms with Gasteiger partial charge in [-0.05, 0) is 12.8 Å². The van der Waals surface area contributed by atoms with Gasteiger partial charge in [-0.2, -0.15) is 0 Å². The van der Waals surface area contributed by atoms with Crippen LogP contribution in [-0.4, -0.2) is 31.8 Å².